The normalized spacial score (nSPS) is 20.2. The van der Waals surface area contributed by atoms with Gasteiger partial charge in [-0.15, -0.1) is 0 Å². The first-order valence-electron chi connectivity index (χ1n) is 7.61. The standard InChI is InChI=1S/C19H17NO3/c1-10-12-3-2-11(9-21)8-16(12)20-18-13(10)4-5-15-14(18)6-7-17(22)19(15)23/h2-8,17,19,21-23H,9H2,1H3. The lowest BCUT2D eigenvalue weighted by atomic mass is 9.89. The molecule has 4 rings (SSSR count). The van der Waals surface area contributed by atoms with Gasteiger partial charge in [-0.05, 0) is 29.7 Å². The number of aryl methyl sites for hydroxylation is 1. The van der Waals surface area contributed by atoms with Crippen molar-refractivity contribution in [1.82, 2.24) is 4.98 Å². The Balaban J connectivity index is 2.10. The Kier molecular flexibility index (Phi) is 3.20. The van der Waals surface area contributed by atoms with Gasteiger partial charge in [0, 0.05) is 16.3 Å². The Hall–Kier alpha value is -2.27. The average Bonchev–Trinajstić information content (AvgIpc) is 2.57. The Morgan fingerprint density at radius 1 is 1.09 bits per heavy atom. The van der Waals surface area contributed by atoms with E-state index in [0.717, 1.165) is 38.5 Å². The van der Waals surface area contributed by atoms with Crippen molar-refractivity contribution in [3.63, 3.8) is 0 Å². The zero-order chi connectivity index (χ0) is 16.1. The third kappa shape index (κ3) is 2.07. The van der Waals surface area contributed by atoms with E-state index in [1.807, 2.05) is 36.4 Å². The van der Waals surface area contributed by atoms with Crippen LogP contribution in [0, 0.1) is 6.92 Å². The molecule has 1 aliphatic rings. The number of benzene rings is 2. The van der Waals surface area contributed by atoms with Crippen molar-refractivity contribution in [1.29, 1.82) is 0 Å². The molecule has 1 aliphatic carbocycles. The third-order valence-corrected chi connectivity index (χ3v) is 4.64. The van der Waals surface area contributed by atoms with Crippen LogP contribution in [0.3, 0.4) is 0 Å². The van der Waals surface area contributed by atoms with Crippen LogP contribution in [0.15, 0.2) is 36.4 Å². The van der Waals surface area contributed by atoms with E-state index < -0.39 is 12.2 Å². The number of pyridine rings is 1. The molecule has 23 heavy (non-hydrogen) atoms. The molecular formula is C19H17NO3. The van der Waals surface area contributed by atoms with Crippen molar-refractivity contribution in [2.24, 2.45) is 0 Å². The highest BCUT2D eigenvalue weighted by Crippen LogP contribution is 2.35. The lowest BCUT2D eigenvalue weighted by molar-refractivity contribution is 0.0471. The minimum Gasteiger partial charge on any atom is -0.392 e. The van der Waals surface area contributed by atoms with Crippen LogP contribution in [0.2, 0.25) is 0 Å². The summed E-state index contributed by atoms with van der Waals surface area (Å²) < 4.78 is 0. The molecule has 1 aromatic heterocycles. The molecular weight excluding hydrogens is 290 g/mol. The van der Waals surface area contributed by atoms with E-state index >= 15 is 0 Å². The fraction of sp³-hybridized carbons (Fsp3) is 0.211. The van der Waals surface area contributed by atoms with Gasteiger partial charge in [0.1, 0.15) is 12.2 Å². The van der Waals surface area contributed by atoms with Crippen molar-refractivity contribution in [3.05, 3.63) is 58.7 Å². The molecule has 0 fully saturated rings. The van der Waals surface area contributed by atoms with E-state index in [-0.39, 0.29) is 6.61 Å². The van der Waals surface area contributed by atoms with Gasteiger partial charge in [-0.3, -0.25) is 0 Å². The number of rotatable bonds is 1. The van der Waals surface area contributed by atoms with Crippen LogP contribution in [0.4, 0.5) is 0 Å². The highest BCUT2D eigenvalue weighted by molar-refractivity contribution is 6.01. The minimum absolute atomic E-state index is 0.0214. The first kappa shape index (κ1) is 14.3. The zero-order valence-electron chi connectivity index (χ0n) is 12.7. The van der Waals surface area contributed by atoms with Crippen LogP contribution in [0.5, 0.6) is 0 Å². The molecule has 1 heterocycles. The van der Waals surface area contributed by atoms with Gasteiger partial charge in [0.25, 0.3) is 0 Å². The molecule has 0 radical (unpaired) electrons. The van der Waals surface area contributed by atoms with Crippen LogP contribution in [0.25, 0.3) is 27.9 Å². The number of nitrogens with zero attached hydrogens (tertiary/aromatic N) is 1. The topological polar surface area (TPSA) is 73.6 Å². The summed E-state index contributed by atoms with van der Waals surface area (Å²) >= 11 is 0. The number of aromatic nitrogens is 1. The summed E-state index contributed by atoms with van der Waals surface area (Å²) in [5.41, 5.74) is 5.11. The van der Waals surface area contributed by atoms with E-state index in [1.165, 1.54) is 0 Å². The molecule has 0 saturated heterocycles. The Labute approximate surface area is 133 Å². The Morgan fingerprint density at radius 3 is 2.65 bits per heavy atom. The van der Waals surface area contributed by atoms with Crippen molar-refractivity contribution >= 4 is 27.9 Å². The molecule has 3 N–H and O–H groups in total. The molecule has 2 unspecified atom stereocenters. The van der Waals surface area contributed by atoms with E-state index in [9.17, 15) is 15.3 Å². The SMILES string of the molecule is Cc1c2ccc(CO)cc2nc2c3c(ccc12)C(O)C(O)C=C3. The quantitative estimate of drug-likeness (QED) is 0.604. The second-order valence-electron chi connectivity index (χ2n) is 6.01. The molecule has 2 atom stereocenters. The fourth-order valence-electron chi connectivity index (χ4n) is 3.31. The number of aliphatic hydroxyl groups is 3. The Bertz CT molecular complexity index is 962. The molecule has 116 valence electrons. The fourth-order valence-corrected chi connectivity index (χ4v) is 3.31. The van der Waals surface area contributed by atoms with Crippen LogP contribution in [0.1, 0.15) is 28.4 Å². The predicted molar refractivity (Wildman–Crippen MR) is 89.9 cm³/mol. The van der Waals surface area contributed by atoms with Gasteiger partial charge < -0.3 is 15.3 Å². The van der Waals surface area contributed by atoms with Gasteiger partial charge in [0.05, 0.1) is 17.6 Å². The summed E-state index contributed by atoms with van der Waals surface area (Å²) in [5, 5.41) is 31.4. The zero-order valence-corrected chi connectivity index (χ0v) is 12.7. The molecule has 2 aromatic carbocycles. The highest BCUT2D eigenvalue weighted by atomic mass is 16.3. The highest BCUT2D eigenvalue weighted by Gasteiger charge is 2.24. The lowest BCUT2D eigenvalue weighted by Crippen LogP contribution is -2.19. The first-order chi connectivity index (χ1) is 11.1. The summed E-state index contributed by atoms with van der Waals surface area (Å²) in [5.74, 6) is 0. The van der Waals surface area contributed by atoms with Crippen LogP contribution in [-0.2, 0) is 6.61 Å². The van der Waals surface area contributed by atoms with E-state index in [2.05, 4.69) is 6.92 Å². The van der Waals surface area contributed by atoms with Gasteiger partial charge in [-0.1, -0.05) is 36.4 Å². The van der Waals surface area contributed by atoms with E-state index in [4.69, 9.17) is 4.98 Å². The molecule has 0 spiro atoms. The second-order valence-corrected chi connectivity index (χ2v) is 6.01. The number of hydrogen-bond acceptors (Lipinski definition) is 4. The lowest BCUT2D eigenvalue weighted by Gasteiger charge is -2.23. The second kappa shape index (κ2) is 5.13. The number of aliphatic hydroxyl groups excluding tert-OH is 3. The number of hydrogen-bond donors (Lipinski definition) is 3. The van der Waals surface area contributed by atoms with Crippen molar-refractivity contribution in [2.45, 2.75) is 25.7 Å². The van der Waals surface area contributed by atoms with E-state index in [0.29, 0.717) is 5.56 Å². The molecule has 3 aromatic rings. The maximum absolute atomic E-state index is 10.2. The smallest absolute Gasteiger partial charge is 0.109 e. The number of fused-ring (bicyclic) bond motifs is 4. The monoisotopic (exact) mass is 307 g/mol. The molecule has 0 bridgehead atoms. The molecule has 0 aliphatic heterocycles. The van der Waals surface area contributed by atoms with Crippen LogP contribution < -0.4 is 0 Å². The minimum atomic E-state index is -0.930. The molecule has 0 amide bonds. The van der Waals surface area contributed by atoms with Crippen molar-refractivity contribution < 1.29 is 15.3 Å². The predicted octanol–water partition coefficient (Wildman–Crippen LogP) is 2.61. The summed E-state index contributed by atoms with van der Waals surface area (Å²) in [7, 11) is 0. The molecule has 4 nitrogen and oxygen atoms in total. The average molecular weight is 307 g/mol. The van der Waals surface area contributed by atoms with Gasteiger partial charge in [0.15, 0.2) is 0 Å². The van der Waals surface area contributed by atoms with Crippen LogP contribution in [-0.4, -0.2) is 26.4 Å². The summed E-state index contributed by atoms with van der Waals surface area (Å²) in [6.45, 7) is 2.03. The van der Waals surface area contributed by atoms with Gasteiger partial charge in [0.2, 0.25) is 0 Å². The van der Waals surface area contributed by atoms with Gasteiger partial charge in [-0.2, -0.15) is 0 Å². The maximum Gasteiger partial charge on any atom is 0.109 e. The third-order valence-electron chi connectivity index (χ3n) is 4.64. The van der Waals surface area contributed by atoms with Crippen molar-refractivity contribution in [3.8, 4) is 0 Å². The van der Waals surface area contributed by atoms with Gasteiger partial charge >= 0.3 is 0 Å². The summed E-state index contributed by atoms with van der Waals surface area (Å²) in [6.07, 6.45) is 1.60. The van der Waals surface area contributed by atoms with Crippen molar-refractivity contribution in [2.75, 3.05) is 0 Å². The van der Waals surface area contributed by atoms with Crippen LogP contribution >= 0.6 is 0 Å². The van der Waals surface area contributed by atoms with E-state index in [1.54, 1.807) is 6.08 Å². The Morgan fingerprint density at radius 2 is 1.87 bits per heavy atom. The van der Waals surface area contributed by atoms with Gasteiger partial charge in [-0.25, -0.2) is 4.98 Å². The first-order valence-corrected chi connectivity index (χ1v) is 7.61. The molecule has 4 heteroatoms. The largest absolute Gasteiger partial charge is 0.392 e. The maximum atomic E-state index is 10.2. The molecule has 0 saturated carbocycles. The summed E-state index contributed by atoms with van der Waals surface area (Å²) in [4.78, 5) is 4.76. The summed E-state index contributed by atoms with van der Waals surface area (Å²) in [6, 6.07) is 9.58.